The van der Waals surface area contributed by atoms with Crippen molar-refractivity contribution in [2.24, 2.45) is 17.3 Å². The molecule has 58 valence electrons. The molecular weight excluding hydrogens is 122 g/mol. The highest BCUT2D eigenvalue weighted by Crippen LogP contribution is 2.63. The molecule has 1 heterocycles. The number of rotatable bonds is 0. The molecule has 1 aliphatic heterocycles. The van der Waals surface area contributed by atoms with Crippen molar-refractivity contribution in [3.63, 3.8) is 0 Å². The van der Waals surface area contributed by atoms with Crippen LogP contribution < -0.4 is 5.32 Å². The van der Waals surface area contributed by atoms with Gasteiger partial charge in [0.25, 0.3) is 0 Å². The van der Waals surface area contributed by atoms with Crippen molar-refractivity contribution < 1.29 is 0 Å². The smallest absolute Gasteiger partial charge is 0.00434 e. The van der Waals surface area contributed by atoms with Crippen LogP contribution in [0, 0.1) is 17.3 Å². The minimum Gasteiger partial charge on any atom is -0.317 e. The van der Waals surface area contributed by atoms with Gasteiger partial charge in [-0.3, -0.25) is 0 Å². The van der Waals surface area contributed by atoms with E-state index in [0.29, 0.717) is 0 Å². The van der Waals surface area contributed by atoms with Crippen LogP contribution in [0.2, 0.25) is 0 Å². The minimum absolute atomic E-state index is 0.783. The topological polar surface area (TPSA) is 12.0 Å². The van der Waals surface area contributed by atoms with E-state index >= 15 is 0 Å². The van der Waals surface area contributed by atoms with Gasteiger partial charge in [0.1, 0.15) is 0 Å². The van der Waals surface area contributed by atoms with E-state index in [1.165, 1.54) is 25.9 Å². The average Bonchev–Trinajstić information content (AvgIpc) is 2.45. The molecule has 0 amide bonds. The number of piperidine rings is 1. The van der Waals surface area contributed by atoms with Crippen molar-refractivity contribution >= 4 is 0 Å². The number of nitrogens with one attached hydrogen (secondary N) is 1. The Morgan fingerprint density at radius 1 is 1.10 bits per heavy atom. The molecule has 0 aromatic rings. The summed E-state index contributed by atoms with van der Waals surface area (Å²) in [6.07, 6.45) is 2.85. The summed E-state index contributed by atoms with van der Waals surface area (Å²) in [5.74, 6) is 2.02. The second-order valence-corrected chi connectivity index (χ2v) is 4.06. The summed E-state index contributed by atoms with van der Waals surface area (Å²) in [5.41, 5.74) is 0.783. The van der Waals surface area contributed by atoms with E-state index < -0.39 is 0 Å². The maximum Gasteiger partial charge on any atom is -0.00434 e. The van der Waals surface area contributed by atoms with Crippen molar-refractivity contribution in [2.45, 2.75) is 26.7 Å². The molecule has 10 heavy (non-hydrogen) atoms. The summed E-state index contributed by atoms with van der Waals surface area (Å²) >= 11 is 0. The third-order valence-corrected chi connectivity index (χ3v) is 3.99. The predicted molar refractivity (Wildman–Crippen MR) is 42.9 cm³/mol. The zero-order valence-corrected chi connectivity index (χ0v) is 6.98. The first-order valence-corrected chi connectivity index (χ1v) is 4.48. The quantitative estimate of drug-likeness (QED) is 0.538. The Kier molecular flexibility index (Phi) is 1.31. The Morgan fingerprint density at radius 3 is 1.90 bits per heavy atom. The van der Waals surface area contributed by atoms with Crippen molar-refractivity contribution in [3.8, 4) is 0 Å². The molecule has 1 saturated heterocycles. The fourth-order valence-electron chi connectivity index (χ4n) is 2.75. The van der Waals surface area contributed by atoms with Gasteiger partial charge >= 0.3 is 0 Å². The first kappa shape index (κ1) is 6.66. The lowest BCUT2D eigenvalue weighted by atomic mass is 9.91. The monoisotopic (exact) mass is 139 g/mol. The second-order valence-electron chi connectivity index (χ2n) is 4.06. The third-order valence-electron chi connectivity index (χ3n) is 3.99. The van der Waals surface area contributed by atoms with Crippen LogP contribution in [0.3, 0.4) is 0 Å². The molecule has 1 heteroatoms. The maximum atomic E-state index is 3.42. The summed E-state index contributed by atoms with van der Waals surface area (Å²) in [7, 11) is 0. The molecule has 2 fully saturated rings. The van der Waals surface area contributed by atoms with Crippen LogP contribution in [0.15, 0.2) is 0 Å². The van der Waals surface area contributed by atoms with Gasteiger partial charge in [0, 0.05) is 0 Å². The Morgan fingerprint density at radius 2 is 1.60 bits per heavy atom. The van der Waals surface area contributed by atoms with Crippen LogP contribution in [-0.4, -0.2) is 13.1 Å². The molecule has 2 atom stereocenters. The summed E-state index contributed by atoms with van der Waals surface area (Å²) in [5, 5.41) is 3.42. The van der Waals surface area contributed by atoms with Crippen LogP contribution >= 0.6 is 0 Å². The Hall–Kier alpha value is -0.0400. The molecule has 2 rings (SSSR count). The van der Waals surface area contributed by atoms with Gasteiger partial charge in [-0.2, -0.15) is 0 Å². The zero-order chi connectivity index (χ0) is 7.19. The van der Waals surface area contributed by atoms with E-state index in [-0.39, 0.29) is 0 Å². The third kappa shape index (κ3) is 0.672. The van der Waals surface area contributed by atoms with Crippen LogP contribution in [0.25, 0.3) is 0 Å². The highest BCUT2D eigenvalue weighted by atomic mass is 14.9. The van der Waals surface area contributed by atoms with E-state index in [0.717, 1.165) is 17.3 Å². The van der Waals surface area contributed by atoms with E-state index in [1.54, 1.807) is 0 Å². The minimum atomic E-state index is 0.783. The molecule has 0 radical (unpaired) electrons. The summed E-state index contributed by atoms with van der Waals surface area (Å²) in [6.45, 7) is 7.34. The Bertz CT molecular complexity index is 126. The van der Waals surface area contributed by atoms with Gasteiger partial charge in [-0.15, -0.1) is 0 Å². The Labute approximate surface area is 63.2 Å². The molecular formula is C9H17N. The van der Waals surface area contributed by atoms with Crippen LogP contribution in [0.4, 0.5) is 0 Å². The molecule has 2 aliphatic rings. The van der Waals surface area contributed by atoms with E-state index in [2.05, 4.69) is 19.2 Å². The largest absolute Gasteiger partial charge is 0.317 e. The summed E-state index contributed by atoms with van der Waals surface area (Å²) in [6, 6.07) is 0. The summed E-state index contributed by atoms with van der Waals surface area (Å²) < 4.78 is 0. The van der Waals surface area contributed by atoms with Gasteiger partial charge < -0.3 is 5.32 Å². The van der Waals surface area contributed by atoms with Crippen molar-refractivity contribution in [2.75, 3.05) is 13.1 Å². The lowest BCUT2D eigenvalue weighted by molar-refractivity contribution is 0.313. The van der Waals surface area contributed by atoms with Crippen molar-refractivity contribution in [1.82, 2.24) is 5.32 Å². The highest BCUT2D eigenvalue weighted by molar-refractivity contribution is 5.07. The van der Waals surface area contributed by atoms with Gasteiger partial charge in [-0.25, -0.2) is 0 Å². The first-order valence-electron chi connectivity index (χ1n) is 4.48. The first-order chi connectivity index (χ1) is 4.77. The molecule has 1 aliphatic carbocycles. The van der Waals surface area contributed by atoms with E-state index in [1.807, 2.05) is 0 Å². The van der Waals surface area contributed by atoms with E-state index in [4.69, 9.17) is 0 Å². The molecule has 0 aromatic carbocycles. The van der Waals surface area contributed by atoms with Crippen LogP contribution in [0.1, 0.15) is 26.7 Å². The van der Waals surface area contributed by atoms with Crippen LogP contribution in [-0.2, 0) is 0 Å². The second kappa shape index (κ2) is 1.97. The fourth-order valence-corrected chi connectivity index (χ4v) is 2.75. The SMILES string of the molecule is CC1C(C)C12CCNCC2. The predicted octanol–water partition coefficient (Wildman–Crippen LogP) is 1.64. The van der Waals surface area contributed by atoms with Crippen LogP contribution in [0.5, 0.6) is 0 Å². The highest BCUT2D eigenvalue weighted by Gasteiger charge is 2.58. The standard InChI is InChI=1S/C9H17N/c1-7-8(2)9(7)3-5-10-6-4-9/h7-8,10H,3-6H2,1-2H3. The van der Waals surface area contributed by atoms with Crippen molar-refractivity contribution in [3.05, 3.63) is 0 Å². The van der Waals surface area contributed by atoms with Gasteiger partial charge in [-0.05, 0) is 43.2 Å². The fraction of sp³-hybridized carbons (Fsp3) is 1.00. The Balaban J connectivity index is 2.03. The van der Waals surface area contributed by atoms with Gasteiger partial charge in [0.05, 0.1) is 0 Å². The van der Waals surface area contributed by atoms with Gasteiger partial charge in [-0.1, -0.05) is 13.8 Å². The molecule has 1 nitrogen and oxygen atoms in total. The maximum absolute atomic E-state index is 3.42. The van der Waals surface area contributed by atoms with Crippen molar-refractivity contribution in [1.29, 1.82) is 0 Å². The molecule has 1 saturated carbocycles. The number of hydrogen-bond donors (Lipinski definition) is 1. The lowest BCUT2D eigenvalue weighted by Crippen LogP contribution is -2.30. The lowest BCUT2D eigenvalue weighted by Gasteiger charge is -2.23. The van der Waals surface area contributed by atoms with Gasteiger partial charge in [0.15, 0.2) is 0 Å². The summed E-state index contributed by atoms with van der Waals surface area (Å²) in [4.78, 5) is 0. The average molecular weight is 139 g/mol. The normalized spacial score (nSPS) is 43.8. The van der Waals surface area contributed by atoms with Gasteiger partial charge in [0.2, 0.25) is 0 Å². The molecule has 0 bridgehead atoms. The zero-order valence-electron chi connectivity index (χ0n) is 6.98. The molecule has 2 unspecified atom stereocenters. The molecule has 1 N–H and O–H groups in total. The van der Waals surface area contributed by atoms with E-state index in [9.17, 15) is 0 Å². The molecule has 0 aromatic heterocycles. The molecule has 1 spiro atoms. The number of hydrogen-bond acceptors (Lipinski definition) is 1.